The molecule has 0 N–H and O–H groups in total. The summed E-state index contributed by atoms with van der Waals surface area (Å²) in [7, 11) is 0. The summed E-state index contributed by atoms with van der Waals surface area (Å²) in [4.78, 5) is 4.81. The van der Waals surface area contributed by atoms with Crippen molar-refractivity contribution in [2.75, 3.05) is 9.80 Å². The van der Waals surface area contributed by atoms with Crippen molar-refractivity contribution in [3.8, 4) is 44.5 Å². The average molecular weight is 893 g/mol. The average Bonchev–Trinajstić information content (AvgIpc) is 4.06. The first kappa shape index (κ1) is 39.9. The predicted molar refractivity (Wildman–Crippen MR) is 290 cm³/mol. The molecule has 0 bridgehead atoms. The first-order valence-electron chi connectivity index (χ1n) is 24.1. The third kappa shape index (κ3) is 6.08. The van der Waals surface area contributed by atoms with Crippen LogP contribution in [0.15, 0.2) is 271 Å². The minimum absolute atomic E-state index is 0.735. The molecule has 1 unspecified atom stereocenters. The SMILES string of the molecule is c1ccc(-c2ccc(N(c3ccc(-c4ccccc4)cc3)c3ccc4c(c3)C3(c5ccccc5-4)c4ccc(N(c5ccccc5)c5cccc6ccccc56)cc4-c4c3oc3ccccc43)cc2)cc1. The molecule has 1 heterocycles. The van der Waals surface area contributed by atoms with Crippen molar-refractivity contribution in [3.63, 3.8) is 0 Å². The molecular weight excluding hydrogens is 849 g/mol. The second kappa shape index (κ2) is 16.0. The minimum atomic E-state index is -0.735. The van der Waals surface area contributed by atoms with Gasteiger partial charge in [0.25, 0.3) is 0 Å². The number of rotatable bonds is 8. The Balaban J connectivity index is 0.996. The summed E-state index contributed by atoms with van der Waals surface area (Å²) in [6.45, 7) is 0. The van der Waals surface area contributed by atoms with Crippen LogP contribution in [0.3, 0.4) is 0 Å². The molecule has 1 atom stereocenters. The molecule has 0 amide bonds. The summed E-state index contributed by atoms with van der Waals surface area (Å²) in [5.41, 5.74) is 19.8. The second-order valence-electron chi connectivity index (χ2n) is 18.4. The summed E-state index contributed by atoms with van der Waals surface area (Å²) in [5, 5.41) is 3.51. The van der Waals surface area contributed by atoms with E-state index in [1.165, 1.54) is 66.4 Å². The first-order valence-corrected chi connectivity index (χ1v) is 24.1. The topological polar surface area (TPSA) is 19.6 Å². The summed E-state index contributed by atoms with van der Waals surface area (Å²) in [6, 6.07) is 97.0. The Labute approximate surface area is 407 Å². The molecule has 0 radical (unpaired) electrons. The molecule has 2 aliphatic carbocycles. The van der Waals surface area contributed by atoms with Crippen LogP contribution in [0.1, 0.15) is 22.5 Å². The molecule has 70 heavy (non-hydrogen) atoms. The van der Waals surface area contributed by atoms with Crippen LogP contribution in [-0.2, 0) is 5.41 Å². The summed E-state index contributed by atoms with van der Waals surface area (Å²) >= 11 is 0. The van der Waals surface area contributed by atoms with Gasteiger partial charge in [-0.05, 0) is 134 Å². The quantitative estimate of drug-likeness (QED) is 0.152. The van der Waals surface area contributed by atoms with E-state index in [1.54, 1.807) is 0 Å². The highest BCUT2D eigenvalue weighted by Crippen LogP contribution is 2.65. The van der Waals surface area contributed by atoms with E-state index in [2.05, 4.69) is 277 Å². The molecule has 0 aliphatic heterocycles. The van der Waals surface area contributed by atoms with E-state index < -0.39 is 5.41 Å². The van der Waals surface area contributed by atoms with Gasteiger partial charge >= 0.3 is 0 Å². The highest BCUT2D eigenvalue weighted by molar-refractivity contribution is 6.06. The molecule has 11 aromatic carbocycles. The van der Waals surface area contributed by atoms with E-state index in [-0.39, 0.29) is 0 Å². The van der Waals surface area contributed by atoms with E-state index in [4.69, 9.17) is 4.42 Å². The fraction of sp³-hybridized carbons (Fsp3) is 0.0149. The lowest BCUT2D eigenvalue weighted by atomic mass is 9.73. The second-order valence-corrected chi connectivity index (χ2v) is 18.4. The Morgan fingerprint density at radius 1 is 0.300 bits per heavy atom. The Kier molecular flexibility index (Phi) is 9.11. The van der Waals surface area contributed by atoms with Crippen molar-refractivity contribution in [1.82, 2.24) is 0 Å². The maximum absolute atomic E-state index is 7.32. The third-order valence-corrected chi connectivity index (χ3v) is 14.6. The van der Waals surface area contributed by atoms with E-state index in [1.807, 2.05) is 0 Å². The first-order chi connectivity index (χ1) is 34.7. The van der Waals surface area contributed by atoms with Crippen LogP contribution in [0.4, 0.5) is 34.1 Å². The molecule has 328 valence electrons. The molecular formula is C67H44N2O. The maximum Gasteiger partial charge on any atom is 0.135 e. The van der Waals surface area contributed by atoms with Gasteiger partial charge in [-0.1, -0.05) is 194 Å². The molecule has 14 rings (SSSR count). The molecule has 0 saturated carbocycles. The number of anilines is 6. The van der Waals surface area contributed by atoms with E-state index in [0.717, 1.165) is 56.4 Å². The molecule has 0 saturated heterocycles. The van der Waals surface area contributed by atoms with Gasteiger partial charge in [0.05, 0.1) is 5.69 Å². The summed E-state index contributed by atoms with van der Waals surface area (Å²) < 4.78 is 7.32. The van der Waals surface area contributed by atoms with Crippen LogP contribution < -0.4 is 9.80 Å². The van der Waals surface area contributed by atoms with Gasteiger partial charge in [-0.3, -0.25) is 0 Å². The van der Waals surface area contributed by atoms with Crippen molar-refractivity contribution < 1.29 is 4.42 Å². The van der Waals surface area contributed by atoms with Gasteiger partial charge in [-0.2, -0.15) is 0 Å². The van der Waals surface area contributed by atoms with Crippen molar-refractivity contribution >= 4 is 55.9 Å². The van der Waals surface area contributed by atoms with Crippen LogP contribution in [-0.4, -0.2) is 0 Å². The van der Waals surface area contributed by atoms with Gasteiger partial charge < -0.3 is 14.2 Å². The molecule has 3 heteroatoms. The number of nitrogens with zero attached hydrogens (tertiary/aromatic N) is 2. The number of fused-ring (bicyclic) bond motifs is 13. The summed E-state index contributed by atoms with van der Waals surface area (Å²) in [5.74, 6) is 0.964. The van der Waals surface area contributed by atoms with Crippen LogP contribution in [0, 0.1) is 0 Å². The summed E-state index contributed by atoms with van der Waals surface area (Å²) in [6.07, 6.45) is 0. The van der Waals surface area contributed by atoms with Gasteiger partial charge in [0.1, 0.15) is 16.8 Å². The minimum Gasteiger partial charge on any atom is -0.459 e. The zero-order chi connectivity index (χ0) is 46.2. The highest BCUT2D eigenvalue weighted by Gasteiger charge is 2.55. The fourth-order valence-electron chi connectivity index (χ4n) is 11.6. The van der Waals surface area contributed by atoms with Crippen molar-refractivity contribution in [3.05, 3.63) is 289 Å². The van der Waals surface area contributed by atoms with E-state index in [9.17, 15) is 0 Å². The number of hydrogen-bond acceptors (Lipinski definition) is 3. The van der Waals surface area contributed by atoms with Crippen LogP contribution >= 0.6 is 0 Å². The van der Waals surface area contributed by atoms with E-state index in [0.29, 0.717) is 0 Å². The smallest absolute Gasteiger partial charge is 0.135 e. The maximum atomic E-state index is 7.32. The molecule has 12 aromatic rings. The fourth-order valence-corrected chi connectivity index (χ4v) is 11.6. The van der Waals surface area contributed by atoms with Gasteiger partial charge in [0.15, 0.2) is 0 Å². The van der Waals surface area contributed by atoms with Gasteiger partial charge in [-0.15, -0.1) is 0 Å². The Hall–Kier alpha value is -9.18. The molecule has 1 spiro atoms. The monoisotopic (exact) mass is 892 g/mol. The lowest BCUT2D eigenvalue weighted by molar-refractivity contribution is 0.507. The van der Waals surface area contributed by atoms with Gasteiger partial charge in [0.2, 0.25) is 0 Å². The Bertz CT molecular complexity index is 3850. The predicted octanol–water partition coefficient (Wildman–Crippen LogP) is 18.2. The van der Waals surface area contributed by atoms with Crippen LogP contribution in [0.5, 0.6) is 0 Å². The van der Waals surface area contributed by atoms with Crippen molar-refractivity contribution in [2.45, 2.75) is 5.41 Å². The highest BCUT2D eigenvalue weighted by atomic mass is 16.3. The Morgan fingerprint density at radius 3 is 1.51 bits per heavy atom. The van der Waals surface area contributed by atoms with Crippen LogP contribution in [0.2, 0.25) is 0 Å². The lowest BCUT2D eigenvalue weighted by Crippen LogP contribution is -2.26. The standard InChI is InChI=1S/C67H44N2O/c1-4-17-45(18-5-1)47-31-35-51(36-32-47)68(52-37-33-48(34-38-52)46-19-6-2-7-20-46)54-39-41-57-56-26-12-14-28-60(56)67(62(57)44-54)61-42-40-53(43-59(61)65-58-27-13-15-30-64(58)70-66(65)67)69(50-23-8-3-9-24-50)63-29-16-22-49-21-10-11-25-55(49)63/h1-44H. The van der Waals surface area contributed by atoms with E-state index >= 15 is 0 Å². The van der Waals surface area contributed by atoms with Crippen LogP contribution in [0.25, 0.3) is 66.2 Å². The number of hydrogen-bond donors (Lipinski definition) is 0. The molecule has 2 aliphatic rings. The normalized spacial score (nSPS) is 14.1. The lowest BCUT2D eigenvalue weighted by Gasteiger charge is -2.31. The third-order valence-electron chi connectivity index (χ3n) is 14.6. The largest absolute Gasteiger partial charge is 0.459 e. The van der Waals surface area contributed by atoms with Gasteiger partial charge in [0, 0.05) is 44.8 Å². The van der Waals surface area contributed by atoms with Crippen molar-refractivity contribution in [1.29, 1.82) is 0 Å². The number of furan rings is 1. The zero-order valence-corrected chi connectivity index (χ0v) is 38.2. The Morgan fingerprint density at radius 2 is 0.800 bits per heavy atom. The number of para-hydroxylation sites is 2. The van der Waals surface area contributed by atoms with Gasteiger partial charge in [-0.25, -0.2) is 0 Å². The molecule has 0 fully saturated rings. The number of benzene rings is 11. The van der Waals surface area contributed by atoms with Crippen molar-refractivity contribution in [2.24, 2.45) is 0 Å². The molecule has 1 aromatic heterocycles. The zero-order valence-electron chi connectivity index (χ0n) is 38.2. The molecule has 3 nitrogen and oxygen atoms in total.